The Hall–Kier alpha value is -2.15. The molecule has 1 saturated heterocycles. The minimum Gasteiger partial charge on any atom is -0.493 e. The van der Waals surface area contributed by atoms with Gasteiger partial charge in [-0.1, -0.05) is 12.1 Å². The van der Waals surface area contributed by atoms with E-state index in [2.05, 4.69) is 0 Å². The lowest BCUT2D eigenvalue weighted by Gasteiger charge is -2.35. The van der Waals surface area contributed by atoms with Crippen molar-refractivity contribution >= 4 is 16.9 Å². The van der Waals surface area contributed by atoms with E-state index in [9.17, 15) is 13.6 Å². The maximum Gasteiger partial charge on any atom is 0.308 e. The van der Waals surface area contributed by atoms with E-state index in [4.69, 9.17) is 14.3 Å². The molecule has 23 heavy (non-hydrogen) atoms. The van der Waals surface area contributed by atoms with Gasteiger partial charge in [0.15, 0.2) is 11.3 Å². The van der Waals surface area contributed by atoms with Gasteiger partial charge in [-0.05, 0) is 12.1 Å². The fraction of sp³-hybridized carbons (Fsp3) is 0.438. The summed E-state index contributed by atoms with van der Waals surface area (Å²) in [6.45, 7) is -0.249. The molecule has 7 heteroatoms. The van der Waals surface area contributed by atoms with E-state index in [1.165, 1.54) is 12.0 Å². The summed E-state index contributed by atoms with van der Waals surface area (Å²) in [6, 6.07) is 7.18. The van der Waals surface area contributed by atoms with Gasteiger partial charge in [-0.3, -0.25) is 9.69 Å². The molecule has 0 saturated carbocycles. The molecule has 1 unspecified atom stereocenters. The van der Waals surface area contributed by atoms with Crippen molar-refractivity contribution < 1.29 is 27.8 Å². The Morgan fingerprint density at radius 3 is 3.00 bits per heavy atom. The number of halogens is 2. The molecule has 1 aliphatic heterocycles. The van der Waals surface area contributed by atoms with Crippen molar-refractivity contribution in [2.24, 2.45) is 5.92 Å². The second-order valence-corrected chi connectivity index (χ2v) is 5.86. The average molecular weight is 325 g/mol. The van der Waals surface area contributed by atoms with Crippen LogP contribution < -0.4 is 4.74 Å². The van der Waals surface area contributed by atoms with Crippen molar-refractivity contribution in [3.05, 3.63) is 30.0 Å². The molecule has 1 aromatic carbocycles. The monoisotopic (exact) mass is 325 g/mol. The number of benzene rings is 1. The Morgan fingerprint density at radius 1 is 1.52 bits per heavy atom. The summed E-state index contributed by atoms with van der Waals surface area (Å²) in [6.07, 6.45) is -0.618. The number of carboxylic acids is 1. The number of alkyl halides is 2. The zero-order valence-electron chi connectivity index (χ0n) is 12.6. The maximum absolute atomic E-state index is 13.7. The predicted octanol–water partition coefficient (Wildman–Crippen LogP) is 2.98. The molecule has 0 aliphatic carbocycles. The highest BCUT2D eigenvalue weighted by Crippen LogP contribution is 2.33. The molecule has 2 aromatic rings. The van der Waals surface area contributed by atoms with Crippen LogP contribution >= 0.6 is 0 Å². The second kappa shape index (κ2) is 5.81. The number of piperidine rings is 1. The van der Waals surface area contributed by atoms with E-state index in [-0.39, 0.29) is 13.1 Å². The lowest BCUT2D eigenvalue weighted by molar-refractivity contribution is -0.153. The summed E-state index contributed by atoms with van der Waals surface area (Å²) in [5.41, 5.74) is 0.559. The molecule has 5 nitrogen and oxygen atoms in total. The summed E-state index contributed by atoms with van der Waals surface area (Å²) >= 11 is 0. The van der Waals surface area contributed by atoms with E-state index in [0.717, 1.165) is 5.39 Å². The van der Waals surface area contributed by atoms with Gasteiger partial charge in [0.05, 0.1) is 26.1 Å². The largest absolute Gasteiger partial charge is 0.493 e. The molecule has 2 heterocycles. The second-order valence-electron chi connectivity index (χ2n) is 5.86. The van der Waals surface area contributed by atoms with Crippen LogP contribution in [0.4, 0.5) is 8.78 Å². The van der Waals surface area contributed by atoms with Gasteiger partial charge in [0, 0.05) is 18.4 Å². The van der Waals surface area contributed by atoms with Gasteiger partial charge in [-0.15, -0.1) is 0 Å². The molecule has 3 rings (SSSR count). The van der Waals surface area contributed by atoms with Crippen LogP contribution in [0, 0.1) is 5.92 Å². The first-order valence-electron chi connectivity index (χ1n) is 7.26. The SMILES string of the molecule is COc1cccc2cc(CN3CC(C(=O)O)CC(F)(F)C3)oc12. The minimum absolute atomic E-state index is 0.0824. The Kier molecular flexibility index (Phi) is 3.97. The average Bonchev–Trinajstić information content (AvgIpc) is 2.87. The molecule has 1 fully saturated rings. The zero-order chi connectivity index (χ0) is 16.6. The minimum atomic E-state index is -3.01. The Morgan fingerprint density at radius 2 is 2.30 bits per heavy atom. The van der Waals surface area contributed by atoms with Gasteiger partial charge in [0.2, 0.25) is 0 Å². The van der Waals surface area contributed by atoms with Gasteiger partial charge >= 0.3 is 5.97 Å². The van der Waals surface area contributed by atoms with Crippen LogP contribution in [-0.4, -0.2) is 42.1 Å². The van der Waals surface area contributed by atoms with Crippen LogP contribution in [0.1, 0.15) is 12.2 Å². The summed E-state index contributed by atoms with van der Waals surface area (Å²) in [7, 11) is 1.53. The quantitative estimate of drug-likeness (QED) is 0.936. The zero-order valence-corrected chi connectivity index (χ0v) is 12.6. The van der Waals surface area contributed by atoms with Crippen molar-refractivity contribution in [3.8, 4) is 5.75 Å². The molecule has 0 spiro atoms. The number of aliphatic carboxylic acids is 1. The van der Waals surface area contributed by atoms with E-state index >= 15 is 0 Å². The predicted molar refractivity (Wildman–Crippen MR) is 78.7 cm³/mol. The molecule has 124 valence electrons. The first kappa shape index (κ1) is 15.7. The van der Waals surface area contributed by atoms with Crippen molar-refractivity contribution in [3.63, 3.8) is 0 Å². The van der Waals surface area contributed by atoms with E-state index < -0.39 is 30.8 Å². The van der Waals surface area contributed by atoms with Gasteiger partial charge in [0.1, 0.15) is 5.76 Å². The van der Waals surface area contributed by atoms with Crippen LogP contribution in [0.2, 0.25) is 0 Å². The molecule has 0 amide bonds. The third kappa shape index (κ3) is 3.29. The van der Waals surface area contributed by atoms with Gasteiger partial charge in [0.25, 0.3) is 5.92 Å². The Bertz CT molecular complexity index is 728. The molecule has 1 atom stereocenters. The van der Waals surface area contributed by atoms with Crippen LogP contribution in [0.5, 0.6) is 5.75 Å². The lowest BCUT2D eigenvalue weighted by Crippen LogP contribution is -2.48. The third-order valence-corrected chi connectivity index (χ3v) is 3.99. The number of rotatable bonds is 4. The number of fused-ring (bicyclic) bond motifs is 1. The van der Waals surface area contributed by atoms with Crippen LogP contribution in [0.25, 0.3) is 11.0 Å². The number of carboxylic acid groups (broad SMARTS) is 1. The number of furan rings is 1. The highest BCUT2D eigenvalue weighted by atomic mass is 19.3. The highest BCUT2D eigenvalue weighted by Gasteiger charge is 2.43. The maximum atomic E-state index is 13.7. The number of hydrogen-bond acceptors (Lipinski definition) is 4. The lowest BCUT2D eigenvalue weighted by atomic mass is 9.95. The first-order chi connectivity index (χ1) is 10.9. The number of methoxy groups -OCH3 is 1. The standard InChI is InChI=1S/C16H17F2NO4/c1-22-13-4-2-3-10-5-12(23-14(10)13)8-19-7-11(15(20)21)6-16(17,18)9-19/h2-5,11H,6-9H2,1H3,(H,20,21). The smallest absolute Gasteiger partial charge is 0.308 e. The molecule has 1 aromatic heterocycles. The van der Waals surface area contributed by atoms with E-state index in [0.29, 0.717) is 17.1 Å². The van der Waals surface area contributed by atoms with Crippen molar-refractivity contribution in [1.29, 1.82) is 0 Å². The fourth-order valence-corrected chi connectivity index (χ4v) is 3.03. The van der Waals surface area contributed by atoms with Gasteiger partial charge < -0.3 is 14.3 Å². The summed E-state index contributed by atoms with van der Waals surface area (Å²) in [5.74, 6) is -4.20. The molecular weight excluding hydrogens is 308 g/mol. The van der Waals surface area contributed by atoms with Gasteiger partial charge in [-0.2, -0.15) is 0 Å². The van der Waals surface area contributed by atoms with Gasteiger partial charge in [-0.25, -0.2) is 8.78 Å². The topological polar surface area (TPSA) is 62.9 Å². The number of nitrogens with zero attached hydrogens (tertiary/aromatic N) is 1. The normalized spacial score (nSPS) is 21.4. The highest BCUT2D eigenvalue weighted by molar-refractivity contribution is 5.83. The Labute approximate surface area is 131 Å². The molecule has 1 N–H and O–H groups in total. The number of hydrogen-bond donors (Lipinski definition) is 1. The third-order valence-electron chi connectivity index (χ3n) is 3.99. The molecule has 0 bridgehead atoms. The van der Waals surface area contributed by atoms with Crippen molar-refractivity contribution in [2.45, 2.75) is 18.9 Å². The summed E-state index contributed by atoms with van der Waals surface area (Å²) in [5, 5.41) is 9.85. The number of carbonyl (C=O) groups is 1. The van der Waals surface area contributed by atoms with E-state index in [1.807, 2.05) is 12.1 Å². The summed E-state index contributed by atoms with van der Waals surface area (Å²) in [4.78, 5) is 12.5. The molecule has 0 radical (unpaired) electrons. The molecular formula is C16H17F2NO4. The number of para-hydroxylation sites is 1. The molecule has 1 aliphatic rings. The van der Waals surface area contributed by atoms with Crippen LogP contribution in [0.15, 0.2) is 28.7 Å². The van der Waals surface area contributed by atoms with Crippen molar-refractivity contribution in [2.75, 3.05) is 20.2 Å². The Balaban J connectivity index is 1.82. The fourth-order valence-electron chi connectivity index (χ4n) is 3.03. The van der Waals surface area contributed by atoms with Crippen LogP contribution in [-0.2, 0) is 11.3 Å². The number of ether oxygens (including phenoxy) is 1. The first-order valence-corrected chi connectivity index (χ1v) is 7.26. The summed E-state index contributed by atoms with van der Waals surface area (Å²) < 4.78 is 38.4. The number of likely N-dealkylation sites (tertiary alicyclic amines) is 1. The van der Waals surface area contributed by atoms with Crippen LogP contribution in [0.3, 0.4) is 0 Å². The van der Waals surface area contributed by atoms with E-state index in [1.54, 1.807) is 12.1 Å². The van der Waals surface area contributed by atoms with Crippen molar-refractivity contribution in [1.82, 2.24) is 4.90 Å².